The highest BCUT2D eigenvalue weighted by Gasteiger charge is 2.18. The first-order chi connectivity index (χ1) is 10.1. The number of fused-ring (bicyclic) bond motifs is 1. The minimum atomic E-state index is -0.565. The molecule has 0 atom stereocenters. The van der Waals surface area contributed by atoms with E-state index in [-0.39, 0.29) is 11.8 Å². The fourth-order valence-electron chi connectivity index (χ4n) is 2.36. The SMILES string of the molecule is O=C(NC1CCOCC1)Oc1cc(F)cc2[nH]c(I)cc12. The third kappa shape index (κ3) is 3.46. The summed E-state index contributed by atoms with van der Waals surface area (Å²) < 4.78 is 24.9. The first kappa shape index (κ1) is 14.6. The highest BCUT2D eigenvalue weighted by Crippen LogP contribution is 2.28. The summed E-state index contributed by atoms with van der Waals surface area (Å²) in [6, 6.07) is 4.45. The Bertz CT molecular complexity index is 668. The second-order valence-corrected chi connectivity index (χ2v) is 6.07. The molecule has 2 heterocycles. The van der Waals surface area contributed by atoms with Crippen LogP contribution in [0.5, 0.6) is 5.75 Å². The van der Waals surface area contributed by atoms with E-state index in [0.29, 0.717) is 24.1 Å². The first-order valence-electron chi connectivity index (χ1n) is 6.65. The van der Waals surface area contributed by atoms with Crippen LogP contribution < -0.4 is 10.1 Å². The largest absolute Gasteiger partial charge is 0.412 e. The van der Waals surface area contributed by atoms with Crippen LogP contribution in [0.25, 0.3) is 10.9 Å². The van der Waals surface area contributed by atoms with Crippen molar-refractivity contribution in [3.05, 3.63) is 27.7 Å². The van der Waals surface area contributed by atoms with Gasteiger partial charge in [0.1, 0.15) is 11.6 Å². The van der Waals surface area contributed by atoms with Crippen LogP contribution in [-0.2, 0) is 4.74 Å². The van der Waals surface area contributed by atoms with Crippen LogP contribution in [-0.4, -0.2) is 30.3 Å². The number of aromatic nitrogens is 1. The van der Waals surface area contributed by atoms with Crippen LogP contribution in [0.4, 0.5) is 9.18 Å². The summed E-state index contributed by atoms with van der Waals surface area (Å²) in [5, 5.41) is 3.47. The molecule has 0 aliphatic carbocycles. The van der Waals surface area contributed by atoms with E-state index in [2.05, 4.69) is 32.9 Å². The molecule has 1 fully saturated rings. The van der Waals surface area contributed by atoms with Crippen molar-refractivity contribution >= 4 is 39.6 Å². The Morgan fingerprint density at radius 3 is 2.90 bits per heavy atom. The Morgan fingerprint density at radius 2 is 2.14 bits per heavy atom. The van der Waals surface area contributed by atoms with Gasteiger partial charge in [-0.3, -0.25) is 0 Å². The van der Waals surface area contributed by atoms with Gasteiger partial charge in [-0.15, -0.1) is 0 Å². The summed E-state index contributed by atoms with van der Waals surface area (Å²) in [7, 11) is 0. The smallest absolute Gasteiger partial charge is 0.410 e. The van der Waals surface area contributed by atoms with Gasteiger partial charge in [-0.05, 0) is 47.6 Å². The number of rotatable bonds is 2. The van der Waals surface area contributed by atoms with E-state index in [9.17, 15) is 9.18 Å². The van der Waals surface area contributed by atoms with Gasteiger partial charge in [0.2, 0.25) is 0 Å². The van der Waals surface area contributed by atoms with Crippen molar-refractivity contribution in [2.45, 2.75) is 18.9 Å². The number of carbonyl (C=O) groups excluding carboxylic acids is 1. The molecule has 1 aromatic carbocycles. The highest BCUT2D eigenvalue weighted by molar-refractivity contribution is 14.1. The van der Waals surface area contributed by atoms with Crippen molar-refractivity contribution in [1.29, 1.82) is 0 Å². The number of H-pyrrole nitrogens is 1. The Balaban J connectivity index is 1.75. The number of ether oxygens (including phenoxy) is 2. The third-order valence-electron chi connectivity index (χ3n) is 3.38. The van der Waals surface area contributed by atoms with E-state index >= 15 is 0 Å². The number of benzene rings is 1. The maximum Gasteiger partial charge on any atom is 0.412 e. The predicted molar refractivity (Wildman–Crippen MR) is 84.0 cm³/mol. The first-order valence-corrected chi connectivity index (χ1v) is 7.73. The van der Waals surface area contributed by atoms with Crippen molar-refractivity contribution in [3.8, 4) is 5.75 Å². The normalized spacial score (nSPS) is 16.1. The zero-order chi connectivity index (χ0) is 14.8. The third-order valence-corrected chi connectivity index (χ3v) is 3.96. The summed E-state index contributed by atoms with van der Waals surface area (Å²) in [6.45, 7) is 1.26. The summed E-state index contributed by atoms with van der Waals surface area (Å²) in [4.78, 5) is 14.9. The van der Waals surface area contributed by atoms with Crippen LogP contribution >= 0.6 is 22.6 Å². The number of halogens is 2. The van der Waals surface area contributed by atoms with E-state index in [1.54, 1.807) is 0 Å². The molecule has 1 aromatic heterocycles. The highest BCUT2D eigenvalue weighted by atomic mass is 127. The summed E-state index contributed by atoms with van der Waals surface area (Å²) >= 11 is 2.09. The molecule has 0 spiro atoms. The van der Waals surface area contributed by atoms with E-state index in [1.807, 2.05) is 6.07 Å². The fraction of sp³-hybridized carbons (Fsp3) is 0.357. The quantitative estimate of drug-likeness (QED) is 0.756. The number of carbonyl (C=O) groups is 1. The Kier molecular flexibility index (Phi) is 4.29. The maximum atomic E-state index is 13.6. The molecule has 0 saturated carbocycles. The minimum Gasteiger partial charge on any atom is -0.410 e. The standard InChI is InChI=1S/C14H14FIN2O3/c15-8-5-11-10(7-13(16)18-11)12(6-8)21-14(19)17-9-1-3-20-4-2-9/h5-7,9,18H,1-4H2,(H,17,19). The molecule has 0 unspecified atom stereocenters. The molecular formula is C14H14FIN2O3. The van der Waals surface area contributed by atoms with E-state index < -0.39 is 11.9 Å². The molecule has 1 aliphatic heterocycles. The molecule has 0 bridgehead atoms. The van der Waals surface area contributed by atoms with Gasteiger partial charge in [-0.25, -0.2) is 9.18 Å². The molecule has 1 saturated heterocycles. The summed E-state index contributed by atoms with van der Waals surface area (Å²) in [5.74, 6) is -0.233. The van der Waals surface area contributed by atoms with E-state index in [0.717, 1.165) is 16.5 Å². The van der Waals surface area contributed by atoms with Crippen LogP contribution in [0, 0.1) is 9.52 Å². The van der Waals surface area contributed by atoms with Crippen molar-refractivity contribution < 1.29 is 18.7 Å². The number of hydrogen-bond acceptors (Lipinski definition) is 3. The van der Waals surface area contributed by atoms with Crippen LogP contribution in [0.15, 0.2) is 18.2 Å². The molecular weight excluding hydrogens is 390 g/mol. The van der Waals surface area contributed by atoms with Gasteiger partial charge in [-0.1, -0.05) is 0 Å². The molecule has 3 rings (SSSR count). The monoisotopic (exact) mass is 404 g/mol. The van der Waals surface area contributed by atoms with E-state index in [1.165, 1.54) is 12.1 Å². The van der Waals surface area contributed by atoms with Gasteiger partial charge in [0.15, 0.2) is 0 Å². The lowest BCUT2D eigenvalue weighted by Gasteiger charge is -2.22. The molecule has 1 amide bonds. The summed E-state index contributed by atoms with van der Waals surface area (Å²) in [5.41, 5.74) is 0.605. The van der Waals surface area contributed by atoms with Gasteiger partial charge in [-0.2, -0.15) is 0 Å². The predicted octanol–water partition coefficient (Wildman–Crippen LogP) is 3.18. The minimum absolute atomic E-state index is 0.0432. The zero-order valence-corrected chi connectivity index (χ0v) is 13.3. The Labute approximate surface area is 134 Å². The molecule has 5 nitrogen and oxygen atoms in total. The second-order valence-electron chi connectivity index (χ2n) is 4.90. The fourth-order valence-corrected chi connectivity index (χ4v) is 2.96. The Hall–Kier alpha value is -1.35. The van der Waals surface area contributed by atoms with Crippen molar-refractivity contribution in [3.63, 3.8) is 0 Å². The van der Waals surface area contributed by atoms with Gasteiger partial charge in [0.25, 0.3) is 0 Å². The zero-order valence-electron chi connectivity index (χ0n) is 11.1. The molecule has 1 aliphatic rings. The molecule has 112 valence electrons. The van der Waals surface area contributed by atoms with Crippen LogP contribution in [0.3, 0.4) is 0 Å². The van der Waals surface area contributed by atoms with Crippen LogP contribution in [0.1, 0.15) is 12.8 Å². The number of nitrogens with one attached hydrogen (secondary N) is 2. The molecule has 0 radical (unpaired) electrons. The second kappa shape index (κ2) is 6.18. The maximum absolute atomic E-state index is 13.6. The molecule has 21 heavy (non-hydrogen) atoms. The van der Waals surface area contributed by atoms with Gasteiger partial charge in [0.05, 0.1) is 9.22 Å². The lowest BCUT2D eigenvalue weighted by Crippen LogP contribution is -2.40. The molecule has 2 N–H and O–H groups in total. The number of amides is 1. The van der Waals surface area contributed by atoms with Gasteiger partial charge in [0, 0.05) is 30.7 Å². The van der Waals surface area contributed by atoms with Crippen LogP contribution in [0.2, 0.25) is 0 Å². The average molecular weight is 404 g/mol. The van der Waals surface area contributed by atoms with Crippen molar-refractivity contribution in [2.24, 2.45) is 0 Å². The topological polar surface area (TPSA) is 63.4 Å². The van der Waals surface area contributed by atoms with Gasteiger partial charge < -0.3 is 19.8 Å². The lowest BCUT2D eigenvalue weighted by molar-refractivity contribution is 0.0778. The molecule has 2 aromatic rings. The van der Waals surface area contributed by atoms with Crippen molar-refractivity contribution in [2.75, 3.05) is 13.2 Å². The van der Waals surface area contributed by atoms with E-state index in [4.69, 9.17) is 9.47 Å². The average Bonchev–Trinajstić information content (AvgIpc) is 2.80. The molecule has 7 heteroatoms. The lowest BCUT2D eigenvalue weighted by atomic mass is 10.1. The Morgan fingerprint density at radius 1 is 1.38 bits per heavy atom. The van der Waals surface area contributed by atoms with Gasteiger partial charge >= 0.3 is 6.09 Å². The summed E-state index contributed by atoms with van der Waals surface area (Å²) in [6.07, 6.45) is 0.954. The number of aromatic amines is 1. The van der Waals surface area contributed by atoms with Crippen molar-refractivity contribution in [1.82, 2.24) is 10.3 Å². The number of hydrogen-bond donors (Lipinski definition) is 2.